The van der Waals surface area contributed by atoms with Crippen LogP contribution in [0.5, 0.6) is 5.75 Å². The number of hydrogen-bond acceptors (Lipinski definition) is 6. The predicted octanol–water partition coefficient (Wildman–Crippen LogP) is 4.83. The van der Waals surface area contributed by atoms with Gasteiger partial charge < -0.3 is 15.4 Å². The van der Waals surface area contributed by atoms with Crippen molar-refractivity contribution >= 4 is 17.3 Å². The number of carbonyl (C=O) groups excluding carboxylic acids is 1. The lowest BCUT2D eigenvalue weighted by atomic mass is 10.1. The lowest BCUT2D eigenvalue weighted by Crippen LogP contribution is -2.41. The first-order valence-corrected chi connectivity index (χ1v) is 9.45. The fourth-order valence-electron chi connectivity index (χ4n) is 3.15. The molecule has 11 heteroatoms. The molecule has 0 fully saturated rings. The molecule has 168 valence electrons. The largest absolute Gasteiger partial charge is 0.540 e. The molecule has 2 N–H and O–H groups in total. The van der Waals surface area contributed by atoms with E-state index in [2.05, 4.69) is 25.1 Å². The highest BCUT2D eigenvalue weighted by atomic mass is 19.3. The van der Waals surface area contributed by atoms with Crippen LogP contribution in [-0.2, 0) is 17.4 Å². The van der Waals surface area contributed by atoms with Gasteiger partial charge in [0.2, 0.25) is 0 Å². The van der Waals surface area contributed by atoms with Gasteiger partial charge in [0.15, 0.2) is 0 Å². The van der Waals surface area contributed by atoms with E-state index in [1.54, 1.807) is 30.3 Å². The molecule has 1 aliphatic rings. The normalized spacial score (nSPS) is 15.5. The summed E-state index contributed by atoms with van der Waals surface area (Å²) in [6.45, 7) is 0.287. The van der Waals surface area contributed by atoms with Crippen molar-refractivity contribution in [1.82, 2.24) is 4.98 Å². The molecule has 0 saturated carbocycles. The van der Waals surface area contributed by atoms with Crippen molar-refractivity contribution in [2.45, 2.75) is 18.9 Å². The molecule has 1 amide bonds. The Hall–Kier alpha value is -4.17. The topological polar surface area (TPSA) is 96.3 Å². The molecule has 0 bridgehead atoms. The summed E-state index contributed by atoms with van der Waals surface area (Å²) in [6, 6.07) is 14.6. The van der Waals surface area contributed by atoms with Crippen molar-refractivity contribution < 1.29 is 31.8 Å². The number of nitriles is 1. The van der Waals surface area contributed by atoms with Gasteiger partial charge in [0.1, 0.15) is 17.5 Å². The van der Waals surface area contributed by atoms with Gasteiger partial charge in [-0.1, -0.05) is 12.1 Å². The summed E-state index contributed by atoms with van der Waals surface area (Å²) in [7, 11) is 0. The summed E-state index contributed by atoms with van der Waals surface area (Å²) in [5, 5.41) is 14.5. The maximum atomic E-state index is 14.0. The first-order valence-electron chi connectivity index (χ1n) is 9.45. The van der Waals surface area contributed by atoms with E-state index in [1.807, 2.05) is 6.07 Å². The van der Waals surface area contributed by atoms with Crippen LogP contribution in [0.2, 0.25) is 0 Å². The zero-order chi connectivity index (χ0) is 23.6. The lowest BCUT2D eigenvalue weighted by Gasteiger charge is -2.30. The Morgan fingerprint density at radius 2 is 1.88 bits per heavy atom. The van der Waals surface area contributed by atoms with Gasteiger partial charge in [0.05, 0.1) is 11.1 Å². The van der Waals surface area contributed by atoms with E-state index in [9.17, 15) is 22.4 Å². The van der Waals surface area contributed by atoms with Crippen LogP contribution in [0.3, 0.4) is 0 Å². The third-order valence-electron chi connectivity index (χ3n) is 4.62. The highest BCUT2D eigenvalue weighted by molar-refractivity contribution is 6.08. The highest BCUT2D eigenvalue weighted by Gasteiger charge is 2.54. The van der Waals surface area contributed by atoms with Crippen molar-refractivity contribution in [2.75, 3.05) is 10.6 Å². The maximum Gasteiger partial charge on any atom is 0.540 e. The molecular formula is C22H14F4N4O3. The Morgan fingerprint density at radius 3 is 2.67 bits per heavy atom. The van der Waals surface area contributed by atoms with Crippen LogP contribution >= 0.6 is 0 Å². The van der Waals surface area contributed by atoms with E-state index in [4.69, 9.17) is 5.26 Å². The van der Waals surface area contributed by atoms with Crippen LogP contribution in [0.4, 0.5) is 28.9 Å². The van der Waals surface area contributed by atoms with Crippen LogP contribution in [0.1, 0.15) is 27.2 Å². The second-order valence-corrected chi connectivity index (χ2v) is 6.91. The summed E-state index contributed by atoms with van der Waals surface area (Å²) in [4.78, 5) is 16.7. The number of fused-ring (bicyclic) bond motifs is 1. The minimum atomic E-state index is -4.48. The Morgan fingerprint density at radius 1 is 1.09 bits per heavy atom. The van der Waals surface area contributed by atoms with Crippen molar-refractivity contribution in [2.24, 2.45) is 0 Å². The standard InChI is InChI=1S/C22H14F4N4O3/c23-21(24)17-10-14(5-6-19(17)32-22(25,26)33-21)30-20(31)16-3-1-2-4-18(16)29-12-13-7-8-28-15(9-13)11-27/h1-10,29H,12H2,(H,30,31). The average Bonchev–Trinajstić information content (AvgIpc) is 2.77. The van der Waals surface area contributed by atoms with Gasteiger partial charge in [-0.05, 0) is 48.0 Å². The quantitative estimate of drug-likeness (QED) is 0.532. The number of alkyl halides is 4. The summed E-state index contributed by atoms with van der Waals surface area (Å²) >= 11 is 0. The predicted molar refractivity (Wildman–Crippen MR) is 108 cm³/mol. The third kappa shape index (κ3) is 4.86. The lowest BCUT2D eigenvalue weighted by molar-refractivity contribution is -0.461. The Bertz CT molecular complexity index is 1260. The molecular weight excluding hydrogens is 444 g/mol. The Balaban J connectivity index is 1.52. The smallest absolute Gasteiger partial charge is 0.409 e. The number of para-hydroxylation sites is 1. The number of amides is 1. The fourth-order valence-corrected chi connectivity index (χ4v) is 3.15. The van der Waals surface area contributed by atoms with E-state index in [0.717, 1.165) is 23.8 Å². The van der Waals surface area contributed by atoms with E-state index in [0.29, 0.717) is 5.69 Å². The fraction of sp³-hybridized carbons (Fsp3) is 0.136. The van der Waals surface area contributed by atoms with E-state index < -0.39 is 29.6 Å². The minimum Gasteiger partial charge on any atom is -0.409 e. The van der Waals surface area contributed by atoms with Gasteiger partial charge in [0.25, 0.3) is 5.91 Å². The van der Waals surface area contributed by atoms with Crippen LogP contribution in [0, 0.1) is 11.3 Å². The number of pyridine rings is 1. The van der Waals surface area contributed by atoms with Gasteiger partial charge in [-0.2, -0.15) is 14.0 Å². The molecule has 4 rings (SSSR count). The first kappa shape index (κ1) is 22.0. The second-order valence-electron chi connectivity index (χ2n) is 6.91. The van der Waals surface area contributed by atoms with Crippen LogP contribution in [0.15, 0.2) is 60.8 Å². The van der Waals surface area contributed by atoms with Crippen molar-refractivity contribution in [3.05, 3.63) is 83.2 Å². The molecule has 1 aromatic heterocycles. The summed E-state index contributed by atoms with van der Waals surface area (Å²) < 4.78 is 61.8. The van der Waals surface area contributed by atoms with E-state index in [1.165, 1.54) is 12.3 Å². The van der Waals surface area contributed by atoms with E-state index >= 15 is 0 Å². The molecule has 2 heterocycles. The van der Waals surface area contributed by atoms with Crippen molar-refractivity contribution in [3.8, 4) is 11.8 Å². The second kappa shape index (κ2) is 8.40. The van der Waals surface area contributed by atoms with Gasteiger partial charge in [-0.15, -0.1) is 8.78 Å². The molecule has 0 unspecified atom stereocenters. The molecule has 0 aliphatic carbocycles. The van der Waals surface area contributed by atoms with Crippen LogP contribution in [0.25, 0.3) is 0 Å². The van der Waals surface area contributed by atoms with Crippen molar-refractivity contribution in [3.63, 3.8) is 0 Å². The number of carbonyl (C=O) groups is 1. The molecule has 0 saturated heterocycles. The number of rotatable bonds is 5. The average molecular weight is 458 g/mol. The zero-order valence-corrected chi connectivity index (χ0v) is 16.6. The number of aromatic nitrogens is 1. The number of nitrogens with zero attached hydrogens (tertiary/aromatic N) is 2. The number of hydrogen-bond donors (Lipinski definition) is 2. The molecule has 0 atom stereocenters. The molecule has 1 aliphatic heterocycles. The molecule has 7 nitrogen and oxygen atoms in total. The summed E-state index contributed by atoms with van der Waals surface area (Å²) in [5.41, 5.74) is 0.637. The summed E-state index contributed by atoms with van der Waals surface area (Å²) in [6.07, 6.45) is -7.30. The molecule has 33 heavy (non-hydrogen) atoms. The number of nitrogens with one attached hydrogen (secondary N) is 2. The number of anilines is 2. The Kier molecular flexibility index (Phi) is 5.61. The zero-order valence-electron chi connectivity index (χ0n) is 16.6. The molecule has 0 radical (unpaired) electrons. The number of halogens is 4. The maximum absolute atomic E-state index is 14.0. The monoisotopic (exact) mass is 458 g/mol. The number of ether oxygens (including phenoxy) is 2. The SMILES string of the molecule is N#Cc1cc(CNc2ccccc2C(=O)Nc2ccc3c(c2)C(F)(F)OC(F)(F)O3)ccn1. The molecule has 2 aromatic carbocycles. The first-order chi connectivity index (χ1) is 15.7. The van der Waals surface area contributed by atoms with Crippen LogP contribution in [-0.4, -0.2) is 17.2 Å². The minimum absolute atomic E-state index is 0.0709. The van der Waals surface area contributed by atoms with Crippen LogP contribution < -0.4 is 15.4 Å². The van der Waals surface area contributed by atoms with Gasteiger partial charge in [-0.25, -0.2) is 9.72 Å². The highest BCUT2D eigenvalue weighted by Crippen LogP contribution is 2.46. The van der Waals surface area contributed by atoms with Gasteiger partial charge in [0, 0.05) is 24.1 Å². The summed E-state index contributed by atoms with van der Waals surface area (Å²) in [5.74, 6) is -1.39. The van der Waals surface area contributed by atoms with Gasteiger partial charge >= 0.3 is 12.4 Å². The van der Waals surface area contributed by atoms with E-state index in [-0.39, 0.29) is 23.5 Å². The Labute approximate surface area is 184 Å². The molecule has 3 aromatic rings. The number of benzene rings is 2. The molecule has 0 spiro atoms. The van der Waals surface area contributed by atoms with Crippen molar-refractivity contribution in [1.29, 1.82) is 5.26 Å². The van der Waals surface area contributed by atoms with Gasteiger partial charge in [-0.3, -0.25) is 4.79 Å². The third-order valence-corrected chi connectivity index (χ3v) is 4.62.